The van der Waals surface area contributed by atoms with Gasteiger partial charge in [-0.2, -0.15) is 13.2 Å². The normalized spacial score (nSPS) is 11.6. The molecule has 1 N–H and O–H groups in total. The number of methoxy groups -OCH3 is 1. The lowest BCUT2D eigenvalue weighted by Gasteiger charge is -2.13. The predicted molar refractivity (Wildman–Crippen MR) is 110 cm³/mol. The van der Waals surface area contributed by atoms with Crippen molar-refractivity contribution in [2.45, 2.75) is 23.9 Å². The number of alkyl halides is 3. The molecule has 1 heterocycles. The molecule has 0 unspecified atom stereocenters. The lowest BCUT2D eigenvalue weighted by atomic mass is 10.1. The summed E-state index contributed by atoms with van der Waals surface area (Å²) in [5, 5.41) is 0. The summed E-state index contributed by atoms with van der Waals surface area (Å²) >= 11 is 1.26. The smallest absolute Gasteiger partial charge is 0.416 e. The zero-order chi connectivity index (χ0) is 22.6. The molecule has 0 spiro atoms. The summed E-state index contributed by atoms with van der Waals surface area (Å²) in [6, 6.07) is 6.87. The van der Waals surface area contributed by atoms with Crippen molar-refractivity contribution in [3.05, 3.63) is 53.0 Å². The van der Waals surface area contributed by atoms with E-state index in [9.17, 15) is 26.4 Å². The van der Waals surface area contributed by atoms with Crippen LogP contribution in [0.3, 0.4) is 0 Å². The number of sulfonamides is 1. The van der Waals surface area contributed by atoms with E-state index in [1.165, 1.54) is 30.6 Å². The van der Waals surface area contributed by atoms with Gasteiger partial charge in [-0.25, -0.2) is 13.4 Å². The van der Waals surface area contributed by atoms with E-state index in [4.69, 9.17) is 0 Å². The minimum atomic E-state index is -4.63. The highest BCUT2D eigenvalue weighted by atomic mass is 32.2. The quantitative estimate of drug-likeness (QED) is 0.443. The molecule has 3 rings (SSSR count). The fraction of sp³-hybridized carbons (Fsp3) is 0.200. The van der Waals surface area contributed by atoms with Gasteiger partial charge in [0.05, 0.1) is 45.4 Å². The molecular weight excluding hydrogens is 453 g/mol. The third kappa shape index (κ3) is 5.53. The number of halogens is 3. The van der Waals surface area contributed by atoms with E-state index < -0.39 is 27.7 Å². The van der Waals surface area contributed by atoms with Gasteiger partial charge < -0.3 is 4.74 Å². The van der Waals surface area contributed by atoms with Gasteiger partial charge in [0.1, 0.15) is 0 Å². The van der Waals surface area contributed by atoms with Crippen molar-refractivity contribution in [1.29, 1.82) is 0 Å². The number of carbonyl (C=O) groups excluding carboxylic acids is 1. The first kappa shape index (κ1) is 22.6. The van der Waals surface area contributed by atoms with Crippen LogP contribution in [0.4, 0.5) is 18.9 Å². The maximum atomic E-state index is 13.1. The molecule has 31 heavy (non-hydrogen) atoms. The van der Waals surface area contributed by atoms with E-state index in [1.54, 1.807) is 11.6 Å². The molecule has 0 saturated heterocycles. The van der Waals surface area contributed by atoms with Gasteiger partial charge in [0.2, 0.25) is 0 Å². The number of thiazole rings is 1. The molecule has 0 radical (unpaired) electrons. The number of nitrogens with zero attached hydrogens (tertiary/aromatic N) is 1. The van der Waals surface area contributed by atoms with Crippen LogP contribution in [0.15, 0.2) is 46.8 Å². The predicted octanol–water partition coefficient (Wildman–Crippen LogP) is 4.42. The summed E-state index contributed by atoms with van der Waals surface area (Å²) in [7, 11) is -2.89. The zero-order valence-electron chi connectivity index (χ0n) is 16.0. The van der Waals surface area contributed by atoms with Gasteiger partial charge in [-0.05, 0) is 36.4 Å². The molecule has 0 aliphatic rings. The number of hydrogen-bond acceptors (Lipinski definition) is 6. The Morgan fingerprint density at radius 2 is 2.00 bits per heavy atom. The van der Waals surface area contributed by atoms with Gasteiger partial charge in [0.15, 0.2) is 0 Å². The summed E-state index contributed by atoms with van der Waals surface area (Å²) in [6.07, 6.45) is -4.63. The molecule has 6 nitrogen and oxygen atoms in total. The summed E-state index contributed by atoms with van der Waals surface area (Å²) in [5.41, 5.74) is 0.964. The highest BCUT2D eigenvalue weighted by Crippen LogP contribution is 2.32. The van der Waals surface area contributed by atoms with Crippen molar-refractivity contribution >= 4 is 43.2 Å². The Hall–Kier alpha value is -3.10. The standard InChI is InChI=1S/C20H15F3N2O4S2/c1-29-19(26)5-3-2-4-13-10-14(20(21,22)23)6-8-16(13)25-31(27,28)15-7-9-17-18(11-15)30-12-24-17/h6-12,25H,3,5H2,1H3. The second-order valence-corrected chi connectivity index (χ2v) is 8.79. The van der Waals surface area contributed by atoms with Crippen molar-refractivity contribution in [2.24, 2.45) is 0 Å². The molecule has 0 fully saturated rings. The monoisotopic (exact) mass is 468 g/mol. The summed E-state index contributed by atoms with van der Waals surface area (Å²) in [5.74, 6) is 4.57. The van der Waals surface area contributed by atoms with Crippen LogP contribution in [0.5, 0.6) is 0 Å². The highest BCUT2D eigenvalue weighted by molar-refractivity contribution is 7.92. The van der Waals surface area contributed by atoms with E-state index in [0.717, 1.165) is 18.2 Å². The summed E-state index contributed by atoms with van der Waals surface area (Å²) in [4.78, 5) is 15.2. The molecule has 0 saturated carbocycles. The number of carbonyl (C=O) groups is 1. The average molecular weight is 468 g/mol. The topological polar surface area (TPSA) is 85.4 Å². The van der Waals surface area contributed by atoms with Crippen molar-refractivity contribution in [3.8, 4) is 11.8 Å². The Morgan fingerprint density at radius 1 is 1.23 bits per heavy atom. The van der Waals surface area contributed by atoms with E-state index >= 15 is 0 Å². The Balaban J connectivity index is 1.94. The number of hydrogen-bond donors (Lipinski definition) is 1. The molecule has 3 aromatic rings. The lowest BCUT2D eigenvalue weighted by molar-refractivity contribution is -0.140. The first-order valence-corrected chi connectivity index (χ1v) is 11.1. The second kappa shape index (κ2) is 8.95. The molecule has 2 aromatic carbocycles. The fourth-order valence-corrected chi connectivity index (χ4v) is 4.44. The second-order valence-electron chi connectivity index (χ2n) is 6.22. The SMILES string of the molecule is COC(=O)CCC#Cc1cc(C(F)(F)F)ccc1NS(=O)(=O)c1ccc2ncsc2c1. The molecule has 1 aromatic heterocycles. The number of rotatable bonds is 5. The number of ether oxygens (including phenoxy) is 1. The maximum absolute atomic E-state index is 13.1. The number of esters is 1. The van der Waals surface area contributed by atoms with Crippen LogP contribution in [0.1, 0.15) is 24.0 Å². The molecule has 162 valence electrons. The van der Waals surface area contributed by atoms with E-state index in [0.29, 0.717) is 10.2 Å². The number of aromatic nitrogens is 1. The van der Waals surface area contributed by atoms with Crippen LogP contribution in [0.25, 0.3) is 10.2 Å². The Bertz CT molecular complexity index is 1290. The number of nitrogens with one attached hydrogen (secondary N) is 1. The summed E-state index contributed by atoms with van der Waals surface area (Å²) in [6.45, 7) is 0. The van der Waals surface area contributed by atoms with E-state index in [2.05, 4.69) is 26.3 Å². The Morgan fingerprint density at radius 3 is 2.71 bits per heavy atom. The molecule has 11 heteroatoms. The first-order valence-electron chi connectivity index (χ1n) is 8.73. The van der Waals surface area contributed by atoms with Gasteiger partial charge in [0, 0.05) is 12.0 Å². The van der Waals surface area contributed by atoms with Crippen molar-refractivity contribution in [2.75, 3.05) is 11.8 Å². The largest absolute Gasteiger partial charge is 0.469 e. The summed E-state index contributed by atoms with van der Waals surface area (Å²) < 4.78 is 72.3. The number of anilines is 1. The van der Waals surface area contributed by atoms with Gasteiger partial charge >= 0.3 is 12.1 Å². The lowest BCUT2D eigenvalue weighted by Crippen LogP contribution is -2.14. The van der Waals surface area contributed by atoms with Crippen LogP contribution < -0.4 is 4.72 Å². The van der Waals surface area contributed by atoms with Gasteiger partial charge in [-0.1, -0.05) is 11.8 Å². The van der Waals surface area contributed by atoms with E-state index in [1.807, 2.05) is 0 Å². The minimum Gasteiger partial charge on any atom is -0.469 e. The molecular formula is C20H15F3N2O4S2. The van der Waals surface area contributed by atoms with Crippen molar-refractivity contribution in [3.63, 3.8) is 0 Å². The van der Waals surface area contributed by atoms with Crippen LogP contribution in [-0.4, -0.2) is 26.5 Å². The maximum Gasteiger partial charge on any atom is 0.416 e. The molecule has 0 atom stereocenters. The number of benzene rings is 2. The fourth-order valence-electron chi connectivity index (χ4n) is 2.54. The third-order valence-corrected chi connectivity index (χ3v) is 6.26. The van der Waals surface area contributed by atoms with Crippen LogP contribution in [0.2, 0.25) is 0 Å². The van der Waals surface area contributed by atoms with Gasteiger partial charge in [0.25, 0.3) is 10.0 Å². The molecule has 0 aliphatic carbocycles. The molecule has 0 amide bonds. The molecule has 0 aliphatic heterocycles. The van der Waals surface area contributed by atoms with Crippen LogP contribution in [0, 0.1) is 11.8 Å². The number of fused-ring (bicyclic) bond motifs is 1. The van der Waals surface area contributed by atoms with Crippen molar-refractivity contribution < 1.29 is 31.1 Å². The van der Waals surface area contributed by atoms with Crippen LogP contribution in [-0.2, 0) is 25.7 Å². The average Bonchev–Trinajstić information content (AvgIpc) is 3.18. The van der Waals surface area contributed by atoms with Gasteiger partial charge in [-0.15, -0.1) is 11.3 Å². The molecule has 0 bridgehead atoms. The zero-order valence-corrected chi connectivity index (χ0v) is 17.6. The van der Waals surface area contributed by atoms with E-state index in [-0.39, 0.29) is 29.0 Å². The highest BCUT2D eigenvalue weighted by Gasteiger charge is 2.31. The third-order valence-electron chi connectivity index (χ3n) is 4.11. The van der Waals surface area contributed by atoms with Gasteiger partial charge in [-0.3, -0.25) is 9.52 Å². The Labute approximate surface area is 180 Å². The van der Waals surface area contributed by atoms with Crippen LogP contribution >= 0.6 is 11.3 Å². The Kier molecular flexibility index (Phi) is 6.52. The first-order chi connectivity index (χ1) is 14.6. The van der Waals surface area contributed by atoms with Crippen molar-refractivity contribution in [1.82, 2.24) is 4.98 Å². The minimum absolute atomic E-state index is 0.0388.